The molecule has 0 spiro atoms. The van der Waals surface area contributed by atoms with Crippen molar-refractivity contribution in [1.82, 2.24) is 15.3 Å². The van der Waals surface area contributed by atoms with Gasteiger partial charge in [0.1, 0.15) is 17.7 Å². The molecule has 0 bridgehead atoms. The van der Waals surface area contributed by atoms with Crippen LogP contribution in [0.3, 0.4) is 0 Å². The lowest BCUT2D eigenvalue weighted by Gasteiger charge is -2.24. The Morgan fingerprint density at radius 3 is 1.71 bits per heavy atom. The summed E-state index contributed by atoms with van der Waals surface area (Å²) in [6.45, 7) is 13.9. The Labute approximate surface area is 244 Å². The van der Waals surface area contributed by atoms with E-state index in [1.807, 2.05) is 13.8 Å². The summed E-state index contributed by atoms with van der Waals surface area (Å²) in [4.78, 5) is 32.1. The maximum absolute atomic E-state index is 12.2. The molecule has 2 aromatic rings. The van der Waals surface area contributed by atoms with E-state index in [2.05, 4.69) is 15.3 Å². The van der Waals surface area contributed by atoms with E-state index in [0.29, 0.717) is 31.5 Å². The zero-order valence-electron chi connectivity index (χ0n) is 22.7. The summed E-state index contributed by atoms with van der Waals surface area (Å²) in [7, 11) is 0. The molecule has 8 nitrogen and oxygen atoms in total. The van der Waals surface area contributed by atoms with Gasteiger partial charge in [0.05, 0.1) is 37.6 Å². The van der Waals surface area contributed by atoms with Gasteiger partial charge in [0, 0.05) is 24.2 Å². The summed E-state index contributed by atoms with van der Waals surface area (Å²) in [5.74, 6) is -0.900. The molecule has 0 aliphatic heterocycles. The lowest BCUT2D eigenvalue weighted by Crippen LogP contribution is -2.43. The number of rotatable bonds is 7. The molecule has 212 valence electrons. The Kier molecular flexibility index (Phi) is 13.6. The molecule has 38 heavy (non-hydrogen) atoms. The van der Waals surface area contributed by atoms with Crippen LogP contribution in [0, 0.1) is 0 Å². The first-order valence-electron chi connectivity index (χ1n) is 11.9. The Morgan fingerprint density at radius 2 is 1.32 bits per heavy atom. The third-order valence-electron chi connectivity index (χ3n) is 5.35. The molecular formula is C26H35Cl4N3O5. The van der Waals surface area contributed by atoms with Gasteiger partial charge in [-0.25, -0.2) is 9.59 Å². The zero-order chi connectivity index (χ0) is 29.4. The summed E-state index contributed by atoms with van der Waals surface area (Å²) in [5.41, 5.74) is 0.618. The number of amides is 1. The standard InChI is InChI=1S/C17H24Cl2N2O4.C9H11Cl2NO/c1-9(14-13(19)7-12(18)8-20-14)11(3)24-15(22)10(2)21-16(23)25-17(4,5)6;1-5(6(2)13)9-8(11)3-7(10)4-12-9/h7-11H,1-6H3,(H,21,23);3-6,13H,1-2H3/t9?,10-,11?;/m0./s1. The minimum Gasteiger partial charge on any atom is -0.460 e. The van der Waals surface area contributed by atoms with Crippen LogP contribution in [-0.4, -0.2) is 51.0 Å². The molecule has 0 saturated carbocycles. The topological polar surface area (TPSA) is 111 Å². The average molecular weight is 611 g/mol. The molecule has 2 aromatic heterocycles. The smallest absolute Gasteiger partial charge is 0.408 e. The van der Waals surface area contributed by atoms with Crippen molar-refractivity contribution in [3.63, 3.8) is 0 Å². The van der Waals surface area contributed by atoms with Crippen molar-refractivity contribution in [3.8, 4) is 0 Å². The van der Waals surface area contributed by atoms with E-state index >= 15 is 0 Å². The van der Waals surface area contributed by atoms with Crippen LogP contribution in [0.1, 0.15) is 78.6 Å². The second-order valence-corrected chi connectivity index (χ2v) is 11.6. The van der Waals surface area contributed by atoms with Gasteiger partial charge in [0.2, 0.25) is 0 Å². The molecule has 2 N–H and O–H groups in total. The number of carbonyl (C=O) groups excluding carboxylic acids is 2. The van der Waals surface area contributed by atoms with Gasteiger partial charge in [-0.2, -0.15) is 0 Å². The van der Waals surface area contributed by atoms with Crippen molar-refractivity contribution in [2.75, 3.05) is 0 Å². The van der Waals surface area contributed by atoms with Gasteiger partial charge in [0.25, 0.3) is 0 Å². The highest BCUT2D eigenvalue weighted by Gasteiger charge is 2.26. The van der Waals surface area contributed by atoms with Crippen LogP contribution in [0.4, 0.5) is 4.79 Å². The average Bonchev–Trinajstić information content (AvgIpc) is 2.77. The van der Waals surface area contributed by atoms with Crippen LogP contribution >= 0.6 is 46.4 Å². The summed E-state index contributed by atoms with van der Waals surface area (Å²) >= 11 is 23.6. The number of ether oxygens (including phenoxy) is 2. The van der Waals surface area contributed by atoms with E-state index in [0.717, 1.165) is 0 Å². The Hall–Kier alpha value is -1.84. The molecule has 0 aliphatic rings. The van der Waals surface area contributed by atoms with E-state index < -0.39 is 35.9 Å². The molecule has 12 heteroatoms. The summed E-state index contributed by atoms with van der Waals surface area (Å²) in [6, 6.07) is 2.37. The van der Waals surface area contributed by atoms with E-state index in [1.54, 1.807) is 46.8 Å². The van der Waals surface area contributed by atoms with E-state index in [1.165, 1.54) is 19.3 Å². The molecule has 0 radical (unpaired) electrons. The Morgan fingerprint density at radius 1 is 0.868 bits per heavy atom. The SMILES string of the molecule is CC(O)C(C)c1ncc(Cl)cc1Cl.CC(OC(=O)[C@H](C)NC(=O)OC(C)(C)C)C(C)c1ncc(Cl)cc1Cl. The minimum atomic E-state index is -0.849. The second kappa shape index (κ2) is 15.1. The van der Waals surface area contributed by atoms with Crippen LogP contribution in [0.2, 0.25) is 20.1 Å². The van der Waals surface area contributed by atoms with Gasteiger partial charge < -0.3 is 19.9 Å². The Bertz CT molecular complexity index is 1100. The molecule has 1 amide bonds. The number of aliphatic hydroxyl groups excluding tert-OH is 1. The van der Waals surface area contributed by atoms with Crippen molar-refractivity contribution >= 4 is 58.5 Å². The predicted octanol–water partition coefficient (Wildman–Crippen LogP) is 7.21. The molecule has 2 rings (SSSR count). The molecule has 5 atom stereocenters. The van der Waals surface area contributed by atoms with Crippen molar-refractivity contribution in [2.45, 2.75) is 91.1 Å². The fraction of sp³-hybridized carbons (Fsp3) is 0.538. The number of hydrogen-bond donors (Lipinski definition) is 2. The first kappa shape index (κ1) is 34.2. The van der Waals surface area contributed by atoms with Crippen LogP contribution < -0.4 is 5.32 Å². The van der Waals surface area contributed by atoms with Crippen LogP contribution in [0.5, 0.6) is 0 Å². The summed E-state index contributed by atoms with van der Waals surface area (Å²) in [5, 5.41) is 13.6. The third-order valence-corrected chi connectivity index (χ3v) is 6.37. The number of carbonyl (C=O) groups is 2. The van der Waals surface area contributed by atoms with Gasteiger partial charge in [-0.05, 0) is 53.7 Å². The van der Waals surface area contributed by atoms with Crippen molar-refractivity contribution in [3.05, 3.63) is 56.0 Å². The highest BCUT2D eigenvalue weighted by Crippen LogP contribution is 2.29. The Balaban J connectivity index is 0.000000464. The number of hydrogen-bond acceptors (Lipinski definition) is 7. The number of halogens is 4. The number of nitrogens with one attached hydrogen (secondary N) is 1. The largest absolute Gasteiger partial charge is 0.460 e. The number of alkyl carbamates (subject to hydrolysis) is 1. The fourth-order valence-corrected chi connectivity index (χ4v) is 4.01. The van der Waals surface area contributed by atoms with Crippen molar-refractivity contribution < 1.29 is 24.2 Å². The lowest BCUT2D eigenvalue weighted by molar-refractivity contribution is -0.151. The normalized spacial score (nSPS) is 15.2. The maximum atomic E-state index is 12.2. The van der Waals surface area contributed by atoms with Gasteiger partial charge >= 0.3 is 12.1 Å². The van der Waals surface area contributed by atoms with Crippen molar-refractivity contribution in [1.29, 1.82) is 0 Å². The molecule has 0 fully saturated rings. The highest BCUT2D eigenvalue weighted by molar-refractivity contribution is 6.35. The quantitative estimate of drug-likeness (QED) is 0.319. The van der Waals surface area contributed by atoms with Crippen LogP contribution in [0.15, 0.2) is 24.5 Å². The third kappa shape index (κ3) is 11.5. The van der Waals surface area contributed by atoms with Crippen LogP contribution in [-0.2, 0) is 14.3 Å². The monoisotopic (exact) mass is 609 g/mol. The summed E-state index contributed by atoms with van der Waals surface area (Å²) in [6.07, 6.45) is 1.37. The molecule has 0 aliphatic carbocycles. The molecule has 0 saturated heterocycles. The first-order valence-corrected chi connectivity index (χ1v) is 13.4. The van der Waals surface area contributed by atoms with E-state index in [-0.39, 0.29) is 11.8 Å². The lowest BCUT2D eigenvalue weighted by atomic mass is 10.0. The van der Waals surface area contributed by atoms with Gasteiger partial charge in [-0.15, -0.1) is 0 Å². The van der Waals surface area contributed by atoms with Gasteiger partial charge in [0.15, 0.2) is 0 Å². The predicted molar refractivity (Wildman–Crippen MR) is 151 cm³/mol. The van der Waals surface area contributed by atoms with Gasteiger partial charge in [-0.1, -0.05) is 60.3 Å². The molecule has 4 unspecified atom stereocenters. The molecule has 0 aromatic carbocycles. The number of aromatic nitrogens is 2. The second-order valence-electron chi connectivity index (χ2n) is 9.87. The first-order chi connectivity index (χ1) is 17.4. The summed E-state index contributed by atoms with van der Waals surface area (Å²) < 4.78 is 10.5. The molecular weight excluding hydrogens is 576 g/mol. The minimum absolute atomic E-state index is 0.0789. The van der Waals surface area contributed by atoms with Crippen molar-refractivity contribution in [2.24, 2.45) is 0 Å². The number of nitrogens with zero attached hydrogens (tertiary/aromatic N) is 2. The fourth-order valence-electron chi connectivity index (χ4n) is 2.90. The van der Waals surface area contributed by atoms with E-state index in [4.69, 9.17) is 55.9 Å². The number of aliphatic hydroxyl groups is 1. The molecule has 2 heterocycles. The number of pyridine rings is 2. The highest BCUT2D eigenvalue weighted by atomic mass is 35.5. The zero-order valence-corrected chi connectivity index (χ0v) is 25.7. The van der Waals surface area contributed by atoms with Crippen LogP contribution in [0.25, 0.3) is 0 Å². The van der Waals surface area contributed by atoms with Gasteiger partial charge in [-0.3, -0.25) is 9.97 Å². The number of esters is 1. The maximum Gasteiger partial charge on any atom is 0.408 e. The van der Waals surface area contributed by atoms with E-state index in [9.17, 15) is 14.7 Å².